The van der Waals surface area contributed by atoms with Crippen LogP contribution in [0.5, 0.6) is 0 Å². The number of ketones is 1. The zero-order valence-corrected chi connectivity index (χ0v) is 10.1. The van der Waals surface area contributed by atoms with Gasteiger partial charge in [-0.1, -0.05) is 13.8 Å². The molecule has 3 nitrogen and oxygen atoms in total. The average Bonchev–Trinajstić information content (AvgIpc) is 1.97. The normalized spacial score (nSPS) is 21.0. The first-order valence-corrected chi connectivity index (χ1v) is 5.21. The molecule has 0 atom stereocenters. The van der Waals surface area contributed by atoms with Crippen LogP contribution >= 0.6 is 15.9 Å². The molecular weight excluding hydrogens is 248 g/mol. The van der Waals surface area contributed by atoms with Gasteiger partial charge in [-0.15, -0.1) is 0 Å². The highest BCUT2D eigenvalue weighted by molar-refractivity contribution is 9.12. The van der Waals surface area contributed by atoms with Gasteiger partial charge in [0.15, 0.2) is 5.78 Å². The van der Waals surface area contributed by atoms with Crippen LogP contribution in [-0.2, 0) is 14.3 Å². The van der Waals surface area contributed by atoms with Gasteiger partial charge < -0.3 is 4.74 Å². The van der Waals surface area contributed by atoms with E-state index in [1.54, 1.807) is 0 Å². The lowest BCUT2D eigenvalue weighted by atomic mass is 9.79. The van der Waals surface area contributed by atoms with Crippen molar-refractivity contribution < 1.29 is 14.3 Å². The molecule has 0 radical (unpaired) electrons. The second-order valence-electron chi connectivity index (χ2n) is 4.27. The van der Waals surface area contributed by atoms with Gasteiger partial charge in [0.1, 0.15) is 5.76 Å². The van der Waals surface area contributed by atoms with Gasteiger partial charge in [0, 0.05) is 19.8 Å². The van der Waals surface area contributed by atoms with E-state index < -0.39 is 0 Å². The molecule has 0 unspecified atom stereocenters. The first kappa shape index (κ1) is 11.4. The van der Waals surface area contributed by atoms with Crippen LogP contribution in [-0.4, -0.2) is 11.8 Å². The molecular formula is C10H13BrO3. The Labute approximate surface area is 91.6 Å². The highest BCUT2D eigenvalue weighted by Gasteiger charge is 2.33. The van der Waals surface area contributed by atoms with Gasteiger partial charge in [0.05, 0.1) is 4.48 Å². The van der Waals surface area contributed by atoms with Gasteiger partial charge in [-0.3, -0.25) is 9.59 Å². The zero-order chi connectivity index (χ0) is 10.9. The van der Waals surface area contributed by atoms with E-state index in [4.69, 9.17) is 4.74 Å². The summed E-state index contributed by atoms with van der Waals surface area (Å²) in [5, 5.41) is 0. The molecule has 0 saturated carbocycles. The van der Waals surface area contributed by atoms with Gasteiger partial charge >= 0.3 is 5.97 Å². The number of carbonyl (C=O) groups is 2. The minimum atomic E-state index is -0.387. The molecule has 0 bridgehead atoms. The van der Waals surface area contributed by atoms with Crippen LogP contribution in [0.2, 0.25) is 0 Å². The Kier molecular flexibility index (Phi) is 3.14. The van der Waals surface area contributed by atoms with E-state index in [1.165, 1.54) is 6.92 Å². The minimum absolute atomic E-state index is 0.00231. The second kappa shape index (κ2) is 3.85. The molecule has 14 heavy (non-hydrogen) atoms. The van der Waals surface area contributed by atoms with Crippen LogP contribution in [0.15, 0.2) is 10.2 Å². The maximum Gasteiger partial charge on any atom is 0.307 e. The van der Waals surface area contributed by atoms with Gasteiger partial charge in [0.2, 0.25) is 0 Å². The Morgan fingerprint density at radius 1 is 1.43 bits per heavy atom. The molecule has 0 aromatic rings. The number of allylic oxidation sites excluding steroid dienone is 2. The topological polar surface area (TPSA) is 43.4 Å². The number of ether oxygens (including phenoxy) is 1. The van der Waals surface area contributed by atoms with Crippen molar-refractivity contribution in [2.24, 2.45) is 5.41 Å². The number of carbonyl (C=O) groups excluding carboxylic acids is 2. The predicted molar refractivity (Wildman–Crippen MR) is 55.7 cm³/mol. The second-order valence-corrected chi connectivity index (χ2v) is 5.06. The molecule has 1 aliphatic rings. The lowest BCUT2D eigenvalue weighted by molar-refractivity contribution is -0.137. The van der Waals surface area contributed by atoms with Gasteiger partial charge in [-0.2, -0.15) is 0 Å². The number of halogens is 1. The summed E-state index contributed by atoms with van der Waals surface area (Å²) in [5.41, 5.74) is -0.126. The van der Waals surface area contributed by atoms with Crippen LogP contribution < -0.4 is 0 Å². The highest BCUT2D eigenvalue weighted by atomic mass is 79.9. The number of hydrogen-bond acceptors (Lipinski definition) is 3. The lowest BCUT2D eigenvalue weighted by Crippen LogP contribution is -2.25. The quantitative estimate of drug-likeness (QED) is 0.681. The zero-order valence-electron chi connectivity index (χ0n) is 8.52. The minimum Gasteiger partial charge on any atom is -0.430 e. The first-order chi connectivity index (χ1) is 6.32. The lowest BCUT2D eigenvalue weighted by Gasteiger charge is -2.29. The molecule has 0 aliphatic heterocycles. The van der Waals surface area contributed by atoms with Crippen LogP contribution in [0, 0.1) is 5.41 Å². The summed E-state index contributed by atoms with van der Waals surface area (Å²) in [6, 6.07) is 0. The fraction of sp³-hybridized carbons (Fsp3) is 0.600. The number of Topliss-reactive ketones (excluding diaryl/α,β-unsaturated/α-hetero) is 1. The standard InChI is InChI=1S/C10H13BrO3/c1-6(12)14-8-5-10(2,3)4-7(13)9(8)11/h4-5H2,1-3H3. The van der Waals surface area contributed by atoms with Crippen LogP contribution in [0.1, 0.15) is 33.6 Å². The fourth-order valence-electron chi connectivity index (χ4n) is 1.50. The Bertz CT molecular complexity index is 315. The first-order valence-electron chi connectivity index (χ1n) is 4.42. The average molecular weight is 261 g/mol. The molecule has 0 aromatic carbocycles. The Balaban J connectivity index is 2.94. The molecule has 4 heteroatoms. The summed E-state index contributed by atoms with van der Waals surface area (Å²) in [6.45, 7) is 5.29. The summed E-state index contributed by atoms with van der Waals surface area (Å²) in [5.74, 6) is 0.0682. The van der Waals surface area contributed by atoms with Crippen molar-refractivity contribution in [3.05, 3.63) is 10.2 Å². The van der Waals surface area contributed by atoms with Gasteiger partial charge in [-0.25, -0.2) is 0 Å². The van der Waals surface area contributed by atoms with Crippen molar-refractivity contribution in [2.75, 3.05) is 0 Å². The Morgan fingerprint density at radius 2 is 2.00 bits per heavy atom. The summed E-state index contributed by atoms with van der Waals surface area (Å²) in [6.07, 6.45) is 1.09. The van der Waals surface area contributed by atoms with Crippen molar-refractivity contribution in [1.82, 2.24) is 0 Å². The van der Waals surface area contributed by atoms with Crippen LogP contribution in [0.25, 0.3) is 0 Å². The van der Waals surface area contributed by atoms with Gasteiger partial charge in [0.25, 0.3) is 0 Å². The van der Waals surface area contributed by atoms with Crippen molar-refractivity contribution in [1.29, 1.82) is 0 Å². The monoisotopic (exact) mass is 260 g/mol. The third-order valence-electron chi connectivity index (χ3n) is 2.03. The number of hydrogen-bond donors (Lipinski definition) is 0. The van der Waals surface area contributed by atoms with Crippen molar-refractivity contribution in [3.63, 3.8) is 0 Å². The summed E-state index contributed by atoms with van der Waals surface area (Å²) >= 11 is 3.15. The van der Waals surface area contributed by atoms with E-state index >= 15 is 0 Å². The van der Waals surface area contributed by atoms with E-state index in [1.807, 2.05) is 13.8 Å². The SMILES string of the molecule is CC(=O)OC1=C(Br)C(=O)CC(C)(C)C1. The third kappa shape index (κ3) is 2.67. The van der Waals surface area contributed by atoms with E-state index in [0.717, 1.165) is 0 Å². The van der Waals surface area contributed by atoms with E-state index in [-0.39, 0.29) is 17.2 Å². The van der Waals surface area contributed by atoms with Crippen molar-refractivity contribution >= 4 is 27.7 Å². The summed E-state index contributed by atoms with van der Waals surface area (Å²) < 4.78 is 5.39. The molecule has 0 N–H and O–H groups in total. The van der Waals surface area contributed by atoms with Crippen molar-refractivity contribution in [2.45, 2.75) is 33.6 Å². The Morgan fingerprint density at radius 3 is 2.50 bits per heavy atom. The summed E-state index contributed by atoms with van der Waals surface area (Å²) in [4.78, 5) is 22.3. The van der Waals surface area contributed by atoms with Crippen LogP contribution in [0.4, 0.5) is 0 Å². The summed E-state index contributed by atoms with van der Waals surface area (Å²) in [7, 11) is 0. The van der Waals surface area contributed by atoms with Crippen molar-refractivity contribution in [3.8, 4) is 0 Å². The molecule has 0 heterocycles. The molecule has 0 fully saturated rings. The van der Waals surface area contributed by atoms with E-state index in [0.29, 0.717) is 23.1 Å². The molecule has 1 rings (SSSR count). The van der Waals surface area contributed by atoms with E-state index in [2.05, 4.69) is 15.9 Å². The number of rotatable bonds is 1. The van der Waals surface area contributed by atoms with Crippen LogP contribution in [0.3, 0.4) is 0 Å². The number of esters is 1. The smallest absolute Gasteiger partial charge is 0.307 e. The van der Waals surface area contributed by atoms with Gasteiger partial charge in [-0.05, 0) is 21.3 Å². The largest absolute Gasteiger partial charge is 0.430 e. The maximum atomic E-state index is 11.5. The molecule has 0 saturated heterocycles. The molecule has 0 spiro atoms. The molecule has 78 valence electrons. The maximum absolute atomic E-state index is 11.5. The third-order valence-corrected chi connectivity index (χ3v) is 2.92. The fourth-order valence-corrected chi connectivity index (χ4v) is 1.86. The highest BCUT2D eigenvalue weighted by Crippen LogP contribution is 2.39. The molecule has 1 aliphatic carbocycles. The molecule has 0 amide bonds. The van der Waals surface area contributed by atoms with E-state index in [9.17, 15) is 9.59 Å². The molecule has 0 aromatic heterocycles. The predicted octanol–water partition coefficient (Wildman–Crippen LogP) is 2.55. The Hall–Kier alpha value is -0.640.